The van der Waals surface area contributed by atoms with E-state index in [2.05, 4.69) is 5.32 Å². The van der Waals surface area contributed by atoms with Crippen LogP contribution < -0.4 is 11.1 Å². The molecule has 0 radical (unpaired) electrons. The number of rotatable bonds is 2. The Labute approximate surface area is 112 Å². The number of amides is 1. The van der Waals surface area contributed by atoms with Crippen molar-refractivity contribution in [3.63, 3.8) is 0 Å². The van der Waals surface area contributed by atoms with Gasteiger partial charge in [0, 0.05) is 30.8 Å². The molecule has 3 N–H and O–H groups in total. The predicted molar refractivity (Wildman–Crippen MR) is 68.1 cm³/mol. The van der Waals surface area contributed by atoms with Crippen LogP contribution in [-0.2, 0) is 4.79 Å². The third-order valence-corrected chi connectivity index (χ3v) is 5.64. The van der Waals surface area contributed by atoms with Crippen LogP contribution in [0.4, 0.5) is 4.39 Å². The van der Waals surface area contributed by atoms with Gasteiger partial charge in [-0.05, 0) is 31.1 Å². The maximum Gasteiger partial charge on any atom is 0.225 e. The Bertz CT molecular complexity index is 381. The van der Waals surface area contributed by atoms with Gasteiger partial charge in [-0.25, -0.2) is 4.39 Å². The topological polar surface area (TPSA) is 55.1 Å². The molecule has 0 aliphatic heterocycles. The molecule has 1 amide bonds. The van der Waals surface area contributed by atoms with E-state index in [0.29, 0.717) is 31.1 Å². The smallest absolute Gasteiger partial charge is 0.225 e. The first-order valence-corrected chi connectivity index (χ1v) is 6.77. The summed E-state index contributed by atoms with van der Waals surface area (Å²) in [5.74, 6) is 1.14. The minimum absolute atomic E-state index is 0. The van der Waals surface area contributed by atoms with Crippen molar-refractivity contribution in [2.75, 3.05) is 0 Å². The Kier molecular flexibility index (Phi) is 2.54. The molecule has 3 nitrogen and oxygen atoms in total. The van der Waals surface area contributed by atoms with Crippen LogP contribution in [0.15, 0.2) is 0 Å². The number of hydrogen-bond donors (Lipinski definition) is 2. The van der Waals surface area contributed by atoms with Crippen molar-refractivity contribution in [1.82, 2.24) is 5.32 Å². The molecule has 0 aromatic carbocycles. The molecular weight excluding hydrogens is 255 g/mol. The maximum absolute atomic E-state index is 13.4. The van der Waals surface area contributed by atoms with E-state index in [1.54, 1.807) is 0 Å². The van der Waals surface area contributed by atoms with Gasteiger partial charge in [0.2, 0.25) is 5.91 Å². The zero-order chi connectivity index (χ0) is 11.8. The fourth-order valence-corrected chi connectivity index (χ4v) is 4.87. The van der Waals surface area contributed by atoms with Crippen molar-refractivity contribution in [2.24, 2.45) is 23.5 Å². The molecule has 18 heavy (non-hydrogen) atoms. The van der Waals surface area contributed by atoms with Gasteiger partial charge in [0.25, 0.3) is 0 Å². The average Bonchev–Trinajstić information content (AvgIpc) is 2.73. The van der Waals surface area contributed by atoms with Crippen LogP contribution in [0.3, 0.4) is 0 Å². The minimum atomic E-state index is -0.940. The second-order valence-corrected chi connectivity index (χ2v) is 6.89. The molecule has 5 saturated carbocycles. The van der Waals surface area contributed by atoms with Gasteiger partial charge < -0.3 is 11.1 Å². The fraction of sp³-hybridized carbons (Fsp3) is 0.923. The Morgan fingerprint density at radius 2 is 1.83 bits per heavy atom. The second kappa shape index (κ2) is 3.60. The van der Waals surface area contributed by atoms with Crippen molar-refractivity contribution in [3.8, 4) is 0 Å². The molecule has 5 heteroatoms. The number of alkyl halides is 1. The van der Waals surface area contributed by atoms with E-state index in [-0.39, 0.29) is 35.8 Å². The van der Waals surface area contributed by atoms with Crippen molar-refractivity contribution in [2.45, 2.75) is 55.8 Å². The van der Waals surface area contributed by atoms with E-state index in [0.717, 1.165) is 12.8 Å². The molecule has 0 heterocycles. The third kappa shape index (κ3) is 1.48. The van der Waals surface area contributed by atoms with E-state index in [4.69, 9.17) is 5.73 Å². The first kappa shape index (κ1) is 12.7. The van der Waals surface area contributed by atoms with Crippen LogP contribution >= 0.6 is 12.4 Å². The van der Waals surface area contributed by atoms with Crippen molar-refractivity contribution < 1.29 is 9.18 Å². The van der Waals surface area contributed by atoms with E-state index in [1.165, 1.54) is 6.42 Å². The third-order valence-electron chi connectivity index (χ3n) is 5.64. The van der Waals surface area contributed by atoms with E-state index < -0.39 is 5.67 Å². The normalized spacial score (nSPS) is 55.2. The summed E-state index contributed by atoms with van der Waals surface area (Å²) in [6.45, 7) is 0. The minimum Gasteiger partial charge on any atom is -0.350 e. The van der Waals surface area contributed by atoms with Gasteiger partial charge in [-0.3, -0.25) is 4.79 Å². The van der Waals surface area contributed by atoms with Gasteiger partial charge in [-0.1, -0.05) is 0 Å². The van der Waals surface area contributed by atoms with Gasteiger partial charge in [-0.15, -0.1) is 12.4 Å². The van der Waals surface area contributed by atoms with Crippen molar-refractivity contribution in [3.05, 3.63) is 0 Å². The van der Waals surface area contributed by atoms with Gasteiger partial charge in [0.1, 0.15) is 5.67 Å². The molecule has 4 bridgehead atoms. The summed E-state index contributed by atoms with van der Waals surface area (Å²) in [5, 5.41) is 3.08. The van der Waals surface area contributed by atoms with E-state index in [1.807, 2.05) is 0 Å². The lowest BCUT2D eigenvalue weighted by molar-refractivity contribution is -0.177. The molecule has 4 atom stereocenters. The molecule has 102 valence electrons. The summed E-state index contributed by atoms with van der Waals surface area (Å²) >= 11 is 0. The molecule has 1 unspecified atom stereocenters. The molecule has 0 aromatic rings. The van der Waals surface area contributed by atoms with E-state index in [9.17, 15) is 9.18 Å². The summed E-state index contributed by atoms with van der Waals surface area (Å²) < 4.78 is 13.4. The largest absolute Gasteiger partial charge is 0.350 e. The molecule has 5 rings (SSSR count). The van der Waals surface area contributed by atoms with Crippen LogP contribution in [0.5, 0.6) is 0 Å². The standard InChI is InChI=1S/C13H19FN2O.ClH/c14-12-4-13(5-12,6-12)16-11(17)9-7-1-2-8(3-7)10(9)15;/h7-10H,1-6,15H2,(H,16,17);1H/t7-,8+,9?,10-,12?,13?;/m1./s1. The summed E-state index contributed by atoms with van der Waals surface area (Å²) in [4.78, 5) is 12.3. The number of nitrogens with one attached hydrogen (secondary N) is 1. The molecular formula is C13H20ClFN2O. The molecule has 0 saturated heterocycles. The summed E-state index contributed by atoms with van der Waals surface area (Å²) in [7, 11) is 0. The first-order valence-electron chi connectivity index (χ1n) is 6.77. The molecule has 5 fully saturated rings. The van der Waals surface area contributed by atoms with E-state index >= 15 is 0 Å². The van der Waals surface area contributed by atoms with Crippen LogP contribution in [-0.4, -0.2) is 23.2 Å². The number of fused-ring (bicyclic) bond motifs is 2. The fourth-order valence-electron chi connectivity index (χ4n) is 4.87. The van der Waals surface area contributed by atoms with Gasteiger partial charge >= 0.3 is 0 Å². The maximum atomic E-state index is 13.4. The number of halogens is 2. The van der Waals surface area contributed by atoms with Crippen molar-refractivity contribution >= 4 is 18.3 Å². The highest BCUT2D eigenvalue weighted by molar-refractivity contribution is 5.85. The zero-order valence-electron chi connectivity index (χ0n) is 10.3. The van der Waals surface area contributed by atoms with Crippen LogP contribution in [0.1, 0.15) is 38.5 Å². The summed E-state index contributed by atoms with van der Waals surface area (Å²) in [5.41, 5.74) is 5.02. The number of nitrogens with two attached hydrogens (primary N) is 1. The monoisotopic (exact) mass is 274 g/mol. The lowest BCUT2D eigenvalue weighted by atomic mass is 9.47. The highest BCUT2D eigenvalue weighted by Gasteiger charge is 2.70. The highest BCUT2D eigenvalue weighted by Crippen LogP contribution is 2.63. The number of carbonyl (C=O) groups excluding carboxylic acids is 1. The lowest BCUT2D eigenvalue weighted by Crippen LogP contribution is -2.77. The SMILES string of the molecule is Cl.N[C@H]1C(C(=O)NC23CC(F)(C2)C3)[C@@H]2CC[C@H]1C2. The summed E-state index contributed by atoms with van der Waals surface area (Å²) in [6, 6.07) is 0.0421. The van der Waals surface area contributed by atoms with Crippen LogP contribution in [0.2, 0.25) is 0 Å². The Morgan fingerprint density at radius 3 is 2.33 bits per heavy atom. The first-order chi connectivity index (χ1) is 8.00. The number of hydrogen-bond acceptors (Lipinski definition) is 2. The molecule has 5 aliphatic carbocycles. The number of carbonyl (C=O) groups is 1. The Hall–Kier alpha value is -0.350. The molecule has 0 spiro atoms. The average molecular weight is 275 g/mol. The Balaban J connectivity index is 0.000001000. The molecule has 5 aliphatic rings. The Morgan fingerprint density at radius 1 is 1.22 bits per heavy atom. The van der Waals surface area contributed by atoms with Crippen LogP contribution in [0, 0.1) is 17.8 Å². The van der Waals surface area contributed by atoms with Gasteiger partial charge in [-0.2, -0.15) is 0 Å². The van der Waals surface area contributed by atoms with Crippen molar-refractivity contribution in [1.29, 1.82) is 0 Å². The summed E-state index contributed by atoms with van der Waals surface area (Å²) in [6.07, 6.45) is 5.05. The lowest BCUT2D eigenvalue weighted by Gasteiger charge is -2.66. The predicted octanol–water partition coefficient (Wildman–Crippen LogP) is 1.54. The quantitative estimate of drug-likeness (QED) is 0.803. The van der Waals surface area contributed by atoms with Gasteiger partial charge in [0.15, 0.2) is 0 Å². The molecule has 0 aromatic heterocycles. The second-order valence-electron chi connectivity index (χ2n) is 6.89. The highest BCUT2D eigenvalue weighted by atomic mass is 35.5. The van der Waals surface area contributed by atoms with Gasteiger partial charge in [0.05, 0.1) is 5.92 Å². The van der Waals surface area contributed by atoms with Crippen LogP contribution in [0.25, 0.3) is 0 Å². The zero-order valence-corrected chi connectivity index (χ0v) is 11.1.